The van der Waals surface area contributed by atoms with E-state index in [0.717, 1.165) is 24.0 Å². The fraction of sp³-hybridized carbons (Fsp3) is 0.571. The van der Waals surface area contributed by atoms with Crippen LogP contribution in [0, 0.1) is 0 Å². The van der Waals surface area contributed by atoms with Crippen molar-refractivity contribution in [1.82, 2.24) is 5.32 Å². The van der Waals surface area contributed by atoms with Crippen LogP contribution >= 0.6 is 0 Å². The molecule has 1 atom stereocenters. The van der Waals surface area contributed by atoms with Gasteiger partial charge in [0, 0.05) is 13.2 Å². The molecule has 0 heterocycles. The number of carbonyl (C=O) groups is 1. The first-order valence-corrected chi connectivity index (χ1v) is 9.77. The van der Waals surface area contributed by atoms with E-state index in [4.69, 9.17) is 19.9 Å². The molecule has 7 heteroatoms. The van der Waals surface area contributed by atoms with Gasteiger partial charge in [0.2, 0.25) is 0 Å². The zero-order valence-corrected chi connectivity index (χ0v) is 16.8. The number of nitrogens with two attached hydrogens (primary N) is 1. The monoisotopic (exact) mass is 394 g/mol. The fourth-order valence-electron chi connectivity index (χ4n) is 2.26. The van der Waals surface area contributed by atoms with Crippen LogP contribution in [0.1, 0.15) is 37.1 Å². The van der Waals surface area contributed by atoms with Crippen LogP contribution in [0.4, 0.5) is 0 Å². The summed E-state index contributed by atoms with van der Waals surface area (Å²) in [5.41, 5.74) is 7.07. The smallest absolute Gasteiger partial charge is 0.152 e. The largest absolute Gasteiger partial charge is 0.379 e. The number of carbonyl (C=O) groups excluding carboxylic acids is 1. The number of ketones is 1. The van der Waals surface area contributed by atoms with Crippen LogP contribution in [-0.2, 0) is 19.0 Å². The number of hydrogen-bond donors (Lipinski definition) is 3. The maximum Gasteiger partial charge on any atom is 0.152 e. The van der Waals surface area contributed by atoms with E-state index >= 15 is 0 Å². The number of allylic oxidation sites excluding steroid dienone is 1. The summed E-state index contributed by atoms with van der Waals surface area (Å²) in [6.07, 6.45) is 4.20. The van der Waals surface area contributed by atoms with Gasteiger partial charge in [0.1, 0.15) is 6.23 Å². The molecule has 0 aromatic heterocycles. The van der Waals surface area contributed by atoms with E-state index in [2.05, 4.69) is 5.32 Å². The van der Waals surface area contributed by atoms with Crippen molar-refractivity contribution in [3.8, 4) is 0 Å². The van der Waals surface area contributed by atoms with Crippen LogP contribution < -0.4 is 11.1 Å². The third-order valence-electron chi connectivity index (χ3n) is 3.80. The van der Waals surface area contributed by atoms with Gasteiger partial charge < -0.3 is 25.1 Å². The second kappa shape index (κ2) is 16.4. The van der Waals surface area contributed by atoms with Crippen LogP contribution in [0.3, 0.4) is 0 Å². The zero-order chi connectivity index (χ0) is 20.5. The van der Waals surface area contributed by atoms with Crippen molar-refractivity contribution in [3.63, 3.8) is 0 Å². The lowest BCUT2D eigenvalue weighted by atomic mass is 10.1. The number of hydrogen-bond acceptors (Lipinski definition) is 7. The van der Waals surface area contributed by atoms with Gasteiger partial charge in [-0.25, -0.2) is 0 Å². The van der Waals surface area contributed by atoms with Crippen molar-refractivity contribution in [1.29, 1.82) is 0 Å². The van der Waals surface area contributed by atoms with E-state index in [-0.39, 0.29) is 5.78 Å². The summed E-state index contributed by atoms with van der Waals surface area (Å²) < 4.78 is 16.2. The van der Waals surface area contributed by atoms with E-state index in [1.54, 1.807) is 6.08 Å². The molecule has 0 bridgehead atoms. The molecule has 7 nitrogen and oxygen atoms in total. The molecule has 1 aromatic rings. The first-order chi connectivity index (χ1) is 13.6. The first-order valence-electron chi connectivity index (χ1n) is 9.77. The zero-order valence-electron chi connectivity index (χ0n) is 16.8. The normalized spacial score (nSPS) is 12.5. The lowest BCUT2D eigenvalue weighted by Crippen LogP contribution is -2.23. The van der Waals surface area contributed by atoms with Crippen LogP contribution in [0.25, 0.3) is 6.08 Å². The van der Waals surface area contributed by atoms with Gasteiger partial charge in [-0.15, -0.1) is 0 Å². The average molecular weight is 395 g/mol. The molecule has 0 saturated carbocycles. The summed E-state index contributed by atoms with van der Waals surface area (Å²) >= 11 is 0. The predicted octanol–water partition coefficient (Wildman–Crippen LogP) is 1.66. The highest BCUT2D eigenvalue weighted by Gasteiger charge is 2.05. The Morgan fingerprint density at radius 1 is 1.04 bits per heavy atom. The molecule has 0 radical (unpaired) electrons. The molecule has 0 fully saturated rings. The molecule has 1 aromatic carbocycles. The number of benzene rings is 1. The Hall–Kier alpha value is -1.61. The quantitative estimate of drug-likeness (QED) is 0.210. The number of nitrogens with one attached hydrogen (secondary N) is 1. The van der Waals surface area contributed by atoms with E-state index in [1.807, 2.05) is 24.3 Å². The Morgan fingerprint density at radius 2 is 1.61 bits per heavy atom. The maximum absolute atomic E-state index is 10.9. The minimum absolute atomic E-state index is 0.00639. The van der Waals surface area contributed by atoms with Crippen molar-refractivity contribution < 1.29 is 24.1 Å². The average Bonchev–Trinajstić information content (AvgIpc) is 2.70. The Bertz CT molecular complexity index is 548. The van der Waals surface area contributed by atoms with Crippen molar-refractivity contribution in [2.24, 2.45) is 5.73 Å². The standard InChI is InChI=1S/C21H34N2O5/c1-18(24)4-5-19-6-8-20(9-7-19)21(25)23-11-3-13-27-15-17-28-16-14-26-12-2-10-22/h4-9,21,23,25H,2-3,10-17,22H2,1H3. The van der Waals surface area contributed by atoms with Gasteiger partial charge in [-0.3, -0.25) is 10.1 Å². The molecular formula is C21H34N2O5. The molecule has 0 spiro atoms. The topological polar surface area (TPSA) is 103 Å². The molecule has 1 rings (SSSR count). The summed E-state index contributed by atoms with van der Waals surface area (Å²) in [6.45, 7) is 6.30. The van der Waals surface area contributed by atoms with Crippen molar-refractivity contribution in [2.75, 3.05) is 52.7 Å². The number of ether oxygens (including phenoxy) is 3. The maximum atomic E-state index is 10.9. The summed E-state index contributed by atoms with van der Waals surface area (Å²) in [6, 6.07) is 7.41. The highest BCUT2D eigenvalue weighted by atomic mass is 16.5. The first kappa shape index (κ1) is 24.4. The van der Waals surface area contributed by atoms with Gasteiger partial charge in [0.15, 0.2) is 5.78 Å². The molecule has 158 valence electrons. The highest BCUT2D eigenvalue weighted by molar-refractivity contribution is 5.91. The van der Waals surface area contributed by atoms with Gasteiger partial charge in [0.25, 0.3) is 0 Å². The van der Waals surface area contributed by atoms with Gasteiger partial charge in [0.05, 0.1) is 26.4 Å². The predicted molar refractivity (Wildman–Crippen MR) is 110 cm³/mol. The molecule has 0 aliphatic rings. The Labute approximate surface area is 167 Å². The summed E-state index contributed by atoms with van der Waals surface area (Å²) in [7, 11) is 0. The molecule has 0 aliphatic carbocycles. The number of rotatable bonds is 17. The fourth-order valence-corrected chi connectivity index (χ4v) is 2.26. The Kier molecular flexibility index (Phi) is 14.3. The molecule has 1 unspecified atom stereocenters. The Morgan fingerprint density at radius 3 is 2.18 bits per heavy atom. The molecule has 0 saturated heterocycles. The molecule has 28 heavy (non-hydrogen) atoms. The summed E-state index contributed by atoms with van der Waals surface area (Å²) in [5, 5.41) is 13.2. The van der Waals surface area contributed by atoms with Crippen molar-refractivity contribution in [3.05, 3.63) is 41.5 Å². The van der Waals surface area contributed by atoms with Gasteiger partial charge in [-0.05, 0) is 50.1 Å². The van der Waals surface area contributed by atoms with E-state index in [1.165, 1.54) is 13.0 Å². The van der Waals surface area contributed by atoms with Crippen molar-refractivity contribution >= 4 is 11.9 Å². The number of aliphatic hydroxyl groups excluding tert-OH is 1. The van der Waals surface area contributed by atoms with Gasteiger partial charge in [-0.2, -0.15) is 0 Å². The third-order valence-corrected chi connectivity index (χ3v) is 3.80. The lowest BCUT2D eigenvalue weighted by molar-refractivity contribution is -0.112. The number of aliphatic hydroxyl groups is 1. The van der Waals surface area contributed by atoms with E-state index < -0.39 is 6.23 Å². The molecule has 4 N–H and O–H groups in total. The van der Waals surface area contributed by atoms with Gasteiger partial charge >= 0.3 is 0 Å². The van der Waals surface area contributed by atoms with Crippen LogP contribution in [0.15, 0.2) is 30.3 Å². The Balaban J connectivity index is 2.00. The van der Waals surface area contributed by atoms with Gasteiger partial charge in [-0.1, -0.05) is 30.3 Å². The lowest BCUT2D eigenvalue weighted by Gasteiger charge is -2.13. The SMILES string of the molecule is CC(=O)C=Cc1ccc(C(O)NCCCOCCOCCOCCCN)cc1. The summed E-state index contributed by atoms with van der Waals surface area (Å²) in [4.78, 5) is 10.9. The van der Waals surface area contributed by atoms with Crippen LogP contribution in [0.2, 0.25) is 0 Å². The van der Waals surface area contributed by atoms with Crippen LogP contribution in [-0.4, -0.2) is 63.6 Å². The minimum Gasteiger partial charge on any atom is -0.379 e. The van der Waals surface area contributed by atoms with E-state index in [0.29, 0.717) is 52.7 Å². The molecular weight excluding hydrogens is 360 g/mol. The second-order valence-electron chi connectivity index (χ2n) is 6.30. The third kappa shape index (κ3) is 12.7. The highest BCUT2D eigenvalue weighted by Crippen LogP contribution is 2.12. The van der Waals surface area contributed by atoms with E-state index in [9.17, 15) is 9.90 Å². The van der Waals surface area contributed by atoms with Crippen molar-refractivity contribution in [2.45, 2.75) is 26.0 Å². The summed E-state index contributed by atoms with van der Waals surface area (Å²) in [5.74, 6) is 0.00639. The molecule has 0 amide bonds. The second-order valence-corrected chi connectivity index (χ2v) is 6.30. The minimum atomic E-state index is -0.728. The van der Waals surface area contributed by atoms with Crippen LogP contribution in [0.5, 0.6) is 0 Å². The molecule has 0 aliphatic heterocycles.